The van der Waals surface area contributed by atoms with Crippen LogP contribution < -0.4 is 0 Å². The van der Waals surface area contributed by atoms with E-state index < -0.39 is 0 Å². The van der Waals surface area contributed by atoms with Crippen molar-refractivity contribution in [2.24, 2.45) is 0 Å². The predicted molar refractivity (Wildman–Crippen MR) is 83.5 cm³/mol. The van der Waals surface area contributed by atoms with Gasteiger partial charge in [0.15, 0.2) is 0 Å². The van der Waals surface area contributed by atoms with Gasteiger partial charge in [0.1, 0.15) is 0 Å². The number of carbonyl (C=O) groups excluding carboxylic acids is 1. The highest BCUT2D eigenvalue weighted by atomic mass is 79.9. The molecule has 0 heterocycles. The van der Waals surface area contributed by atoms with Gasteiger partial charge < -0.3 is 4.90 Å². The summed E-state index contributed by atoms with van der Waals surface area (Å²) < 4.78 is 0. The number of hydrogen-bond acceptors (Lipinski definition) is 1. The SMILES string of the molecule is O=C(c1ccc(Cl)cc1Cl)N(CCBr)C1CCCC1. The molecule has 1 saturated carbocycles. The second kappa shape index (κ2) is 6.96. The van der Waals surface area contributed by atoms with Gasteiger partial charge in [-0.2, -0.15) is 0 Å². The van der Waals surface area contributed by atoms with Crippen LogP contribution >= 0.6 is 39.1 Å². The Balaban J connectivity index is 2.22. The topological polar surface area (TPSA) is 20.3 Å². The van der Waals surface area contributed by atoms with Crippen molar-refractivity contribution in [3.63, 3.8) is 0 Å². The maximum Gasteiger partial charge on any atom is 0.255 e. The number of alkyl halides is 1. The van der Waals surface area contributed by atoms with Gasteiger partial charge in [-0.3, -0.25) is 4.79 Å². The molecule has 0 bridgehead atoms. The lowest BCUT2D eigenvalue weighted by Crippen LogP contribution is -2.40. The number of amides is 1. The number of nitrogens with zero attached hydrogens (tertiary/aromatic N) is 1. The fourth-order valence-corrected chi connectivity index (χ4v) is 3.45. The standard InChI is InChI=1S/C14H16BrCl2NO/c15-7-8-18(11-3-1-2-4-11)14(19)12-6-5-10(16)9-13(12)17/h5-6,9,11H,1-4,7-8H2. The summed E-state index contributed by atoms with van der Waals surface area (Å²) in [6.45, 7) is 0.711. The Hall–Kier alpha value is -0.250. The molecule has 0 N–H and O–H groups in total. The molecule has 1 fully saturated rings. The van der Waals surface area contributed by atoms with Gasteiger partial charge in [-0.25, -0.2) is 0 Å². The van der Waals surface area contributed by atoms with E-state index in [4.69, 9.17) is 23.2 Å². The van der Waals surface area contributed by atoms with Crippen LogP contribution in [-0.2, 0) is 0 Å². The summed E-state index contributed by atoms with van der Waals surface area (Å²) in [6, 6.07) is 5.39. The van der Waals surface area contributed by atoms with Crippen molar-refractivity contribution in [3.05, 3.63) is 33.8 Å². The summed E-state index contributed by atoms with van der Waals surface area (Å²) in [7, 11) is 0. The first-order chi connectivity index (χ1) is 9.13. The maximum atomic E-state index is 12.6. The van der Waals surface area contributed by atoms with Crippen LogP contribution in [-0.4, -0.2) is 28.7 Å². The van der Waals surface area contributed by atoms with Crippen LogP contribution in [0.5, 0.6) is 0 Å². The fraction of sp³-hybridized carbons (Fsp3) is 0.500. The number of halogens is 3. The van der Waals surface area contributed by atoms with Crippen molar-refractivity contribution in [1.82, 2.24) is 4.90 Å². The minimum Gasteiger partial charge on any atom is -0.335 e. The molecule has 1 aliphatic carbocycles. The van der Waals surface area contributed by atoms with Gasteiger partial charge in [0.2, 0.25) is 0 Å². The van der Waals surface area contributed by atoms with Crippen LogP contribution in [0.15, 0.2) is 18.2 Å². The third-order valence-corrected chi connectivity index (χ3v) is 4.42. The molecule has 5 heteroatoms. The van der Waals surface area contributed by atoms with Crippen LogP contribution in [0.4, 0.5) is 0 Å². The number of benzene rings is 1. The van der Waals surface area contributed by atoms with Gasteiger partial charge >= 0.3 is 0 Å². The zero-order valence-corrected chi connectivity index (χ0v) is 13.6. The summed E-state index contributed by atoms with van der Waals surface area (Å²) in [4.78, 5) is 14.6. The molecule has 2 rings (SSSR count). The summed E-state index contributed by atoms with van der Waals surface area (Å²) in [6.07, 6.45) is 4.57. The van der Waals surface area contributed by atoms with E-state index in [1.807, 2.05) is 4.90 Å². The quantitative estimate of drug-likeness (QED) is 0.704. The highest BCUT2D eigenvalue weighted by Gasteiger charge is 2.27. The summed E-state index contributed by atoms with van der Waals surface area (Å²) in [5.74, 6) is 0.00742. The first kappa shape index (κ1) is 15.1. The molecule has 2 nitrogen and oxygen atoms in total. The molecule has 1 aliphatic rings. The van der Waals surface area contributed by atoms with E-state index in [0.717, 1.165) is 18.2 Å². The molecule has 0 atom stereocenters. The van der Waals surface area contributed by atoms with Gasteiger partial charge in [0.05, 0.1) is 10.6 Å². The molecule has 19 heavy (non-hydrogen) atoms. The van der Waals surface area contributed by atoms with Gasteiger partial charge in [-0.1, -0.05) is 52.0 Å². The van der Waals surface area contributed by atoms with Gasteiger partial charge in [0.25, 0.3) is 5.91 Å². The average molecular weight is 365 g/mol. The molecule has 0 radical (unpaired) electrons. The van der Waals surface area contributed by atoms with Crippen molar-refractivity contribution in [1.29, 1.82) is 0 Å². The highest BCUT2D eigenvalue weighted by Crippen LogP contribution is 2.28. The predicted octanol–water partition coefficient (Wildman–Crippen LogP) is 4.77. The zero-order valence-electron chi connectivity index (χ0n) is 10.5. The summed E-state index contributed by atoms with van der Waals surface area (Å²) in [5, 5.41) is 1.75. The molecule has 0 spiro atoms. The molecule has 0 unspecified atom stereocenters. The van der Waals surface area contributed by atoms with E-state index in [1.54, 1.807) is 18.2 Å². The Morgan fingerprint density at radius 2 is 2.00 bits per heavy atom. The van der Waals surface area contributed by atoms with E-state index in [1.165, 1.54) is 12.8 Å². The van der Waals surface area contributed by atoms with Crippen molar-refractivity contribution in [2.45, 2.75) is 31.7 Å². The molecular weight excluding hydrogens is 349 g/mol. The monoisotopic (exact) mass is 363 g/mol. The lowest BCUT2D eigenvalue weighted by atomic mass is 10.1. The lowest BCUT2D eigenvalue weighted by molar-refractivity contribution is 0.0696. The Morgan fingerprint density at radius 1 is 1.32 bits per heavy atom. The third-order valence-electron chi connectivity index (χ3n) is 3.51. The minimum atomic E-state index is 0.00742. The van der Waals surface area contributed by atoms with Crippen LogP contribution in [0.2, 0.25) is 10.0 Å². The van der Waals surface area contributed by atoms with Gasteiger partial charge in [-0.15, -0.1) is 0 Å². The Labute approximate surface area is 132 Å². The van der Waals surface area contributed by atoms with Gasteiger partial charge in [0, 0.05) is 22.9 Å². The van der Waals surface area contributed by atoms with E-state index >= 15 is 0 Å². The summed E-state index contributed by atoms with van der Waals surface area (Å²) >= 11 is 15.4. The second-order valence-corrected chi connectivity index (χ2v) is 6.39. The maximum absolute atomic E-state index is 12.6. The van der Waals surface area contributed by atoms with Crippen LogP contribution in [0.1, 0.15) is 36.0 Å². The van der Waals surface area contributed by atoms with E-state index in [2.05, 4.69) is 15.9 Å². The van der Waals surface area contributed by atoms with E-state index in [0.29, 0.717) is 28.2 Å². The Morgan fingerprint density at radius 3 is 2.58 bits per heavy atom. The first-order valence-corrected chi connectivity index (χ1v) is 8.33. The van der Waals surface area contributed by atoms with Crippen LogP contribution in [0.3, 0.4) is 0 Å². The zero-order chi connectivity index (χ0) is 13.8. The first-order valence-electron chi connectivity index (χ1n) is 6.45. The number of carbonyl (C=O) groups is 1. The lowest BCUT2D eigenvalue weighted by Gasteiger charge is -2.28. The Bertz CT molecular complexity index is 461. The number of rotatable bonds is 4. The van der Waals surface area contributed by atoms with Crippen molar-refractivity contribution in [3.8, 4) is 0 Å². The smallest absolute Gasteiger partial charge is 0.255 e. The highest BCUT2D eigenvalue weighted by molar-refractivity contribution is 9.09. The molecular formula is C14H16BrCl2NO. The van der Waals surface area contributed by atoms with E-state index in [-0.39, 0.29) is 5.91 Å². The molecule has 0 saturated heterocycles. The normalized spacial score (nSPS) is 15.7. The second-order valence-electron chi connectivity index (χ2n) is 4.75. The van der Waals surface area contributed by atoms with Crippen LogP contribution in [0.25, 0.3) is 0 Å². The van der Waals surface area contributed by atoms with Gasteiger partial charge in [-0.05, 0) is 31.0 Å². The summed E-state index contributed by atoms with van der Waals surface area (Å²) in [5.41, 5.74) is 0.541. The molecule has 1 amide bonds. The molecule has 0 aromatic heterocycles. The average Bonchev–Trinajstić information content (AvgIpc) is 2.89. The Kier molecular flexibility index (Phi) is 5.55. The molecule has 104 valence electrons. The van der Waals surface area contributed by atoms with Crippen LogP contribution in [0, 0.1) is 0 Å². The largest absolute Gasteiger partial charge is 0.335 e. The molecule has 0 aliphatic heterocycles. The molecule has 1 aromatic carbocycles. The minimum absolute atomic E-state index is 0.00742. The van der Waals surface area contributed by atoms with Crippen molar-refractivity contribution >= 4 is 45.0 Å². The molecule has 1 aromatic rings. The fourth-order valence-electron chi connectivity index (χ4n) is 2.57. The van der Waals surface area contributed by atoms with Crippen molar-refractivity contribution in [2.75, 3.05) is 11.9 Å². The van der Waals surface area contributed by atoms with E-state index in [9.17, 15) is 4.79 Å². The number of hydrogen-bond donors (Lipinski definition) is 0. The third kappa shape index (κ3) is 3.65. The van der Waals surface area contributed by atoms with Crippen molar-refractivity contribution < 1.29 is 4.79 Å².